The van der Waals surface area contributed by atoms with E-state index < -0.39 is 17.9 Å². The van der Waals surface area contributed by atoms with Crippen LogP contribution in [0.4, 0.5) is 25.5 Å². The number of rotatable bonds is 5. The van der Waals surface area contributed by atoms with Crippen LogP contribution >= 0.6 is 0 Å². The third-order valence-electron chi connectivity index (χ3n) is 6.11. The lowest BCUT2D eigenvalue weighted by molar-refractivity contribution is 0.0981. The number of amides is 3. The number of morpholine rings is 1. The van der Waals surface area contributed by atoms with E-state index >= 15 is 4.39 Å². The van der Waals surface area contributed by atoms with Crippen LogP contribution in [-0.2, 0) is 11.3 Å². The molecule has 2 aromatic rings. The zero-order chi connectivity index (χ0) is 24.4. The second-order valence-corrected chi connectivity index (χ2v) is 8.36. The van der Waals surface area contributed by atoms with E-state index in [1.807, 2.05) is 13.8 Å². The van der Waals surface area contributed by atoms with Gasteiger partial charge in [-0.2, -0.15) is 0 Å². The Morgan fingerprint density at radius 1 is 1.29 bits per heavy atom. The molecule has 0 saturated carbocycles. The van der Waals surface area contributed by atoms with Crippen molar-refractivity contribution in [2.45, 2.75) is 45.8 Å². The first-order chi connectivity index (χ1) is 16.3. The van der Waals surface area contributed by atoms with E-state index in [4.69, 9.17) is 9.72 Å². The minimum atomic E-state index is -1.03. The van der Waals surface area contributed by atoms with Crippen LogP contribution in [0.1, 0.15) is 44.5 Å². The van der Waals surface area contributed by atoms with Gasteiger partial charge in [-0.1, -0.05) is 6.92 Å². The molecule has 11 heteroatoms. The van der Waals surface area contributed by atoms with Gasteiger partial charge in [0.15, 0.2) is 5.82 Å². The summed E-state index contributed by atoms with van der Waals surface area (Å²) in [4.78, 5) is 36.5. The minimum Gasteiger partial charge on any atom is -0.465 e. The Morgan fingerprint density at radius 3 is 2.74 bits per heavy atom. The van der Waals surface area contributed by atoms with Crippen LogP contribution in [0.15, 0.2) is 18.2 Å². The van der Waals surface area contributed by atoms with E-state index in [-0.39, 0.29) is 30.0 Å². The molecule has 3 heterocycles. The second-order valence-electron chi connectivity index (χ2n) is 8.36. The number of hydrogen-bond acceptors (Lipinski definition) is 6. The lowest BCUT2D eigenvalue weighted by atomic mass is 10.0. The fraction of sp³-hybridized carbons (Fsp3) is 0.478. The van der Waals surface area contributed by atoms with Crippen molar-refractivity contribution in [1.29, 1.82) is 0 Å². The molecule has 182 valence electrons. The Morgan fingerprint density at radius 2 is 2.09 bits per heavy atom. The third kappa shape index (κ3) is 4.47. The van der Waals surface area contributed by atoms with Gasteiger partial charge in [0, 0.05) is 24.3 Å². The molecule has 2 unspecified atom stereocenters. The molecule has 1 aromatic carbocycles. The first-order valence-electron chi connectivity index (χ1n) is 11.4. The lowest BCUT2D eigenvalue weighted by Crippen LogP contribution is -2.45. The van der Waals surface area contributed by atoms with E-state index in [9.17, 15) is 14.7 Å². The Kier molecular flexibility index (Phi) is 6.82. The number of hydrogen-bond donors (Lipinski definition) is 3. The van der Waals surface area contributed by atoms with Crippen LogP contribution < -0.4 is 15.5 Å². The molecular formula is C23H29FN6O4. The molecule has 2 atom stereocenters. The molecule has 2 aliphatic rings. The molecule has 0 spiro atoms. The standard InChI is InChI=1S/C23H29FN6O4/c1-4-18-19-17(11-30(18)23(32)33)27-20(28-21(19)29-8-9-34-12-13(29)3)15-7-6-14(10-16(15)24)26-22(31)25-5-2/h6-7,10,13,18H,4-5,8-9,11-12H2,1-3H3,(H,32,33)(H2,25,26,31). The van der Waals surface area contributed by atoms with E-state index in [0.717, 1.165) is 5.56 Å². The number of ether oxygens (including phenoxy) is 1. The number of carbonyl (C=O) groups excluding carboxylic acids is 1. The summed E-state index contributed by atoms with van der Waals surface area (Å²) in [6.45, 7) is 7.92. The number of fused-ring (bicyclic) bond motifs is 1. The van der Waals surface area contributed by atoms with Gasteiger partial charge in [-0.25, -0.2) is 23.9 Å². The zero-order valence-electron chi connectivity index (χ0n) is 19.5. The van der Waals surface area contributed by atoms with Crippen molar-refractivity contribution >= 4 is 23.6 Å². The topological polar surface area (TPSA) is 120 Å². The highest BCUT2D eigenvalue weighted by atomic mass is 19.1. The van der Waals surface area contributed by atoms with Gasteiger partial charge in [0.2, 0.25) is 0 Å². The Labute approximate surface area is 197 Å². The molecule has 1 fully saturated rings. The monoisotopic (exact) mass is 472 g/mol. The average Bonchev–Trinajstić information content (AvgIpc) is 3.18. The van der Waals surface area contributed by atoms with Crippen LogP contribution in [0, 0.1) is 5.82 Å². The summed E-state index contributed by atoms with van der Waals surface area (Å²) in [7, 11) is 0. The van der Waals surface area contributed by atoms with Gasteiger partial charge in [-0.3, -0.25) is 4.90 Å². The first kappa shape index (κ1) is 23.7. The van der Waals surface area contributed by atoms with Crippen molar-refractivity contribution in [3.63, 3.8) is 0 Å². The molecule has 10 nitrogen and oxygen atoms in total. The molecule has 4 rings (SSSR count). The van der Waals surface area contributed by atoms with E-state index in [2.05, 4.69) is 20.5 Å². The largest absolute Gasteiger partial charge is 0.465 e. The summed E-state index contributed by atoms with van der Waals surface area (Å²) in [5, 5.41) is 14.9. The number of carboxylic acid groups (broad SMARTS) is 1. The summed E-state index contributed by atoms with van der Waals surface area (Å²) < 4.78 is 20.7. The molecule has 0 bridgehead atoms. The molecule has 1 saturated heterocycles. The summed E-state index contributed by atoms with van der Waals surface area (Å²) in [5.74, 6) is 0.210. The maximum atomic E-state index is 15.1. The van der Waals surface area contributed by atoms with Gasteiger partial charge in [-0.15, -0.1) is 0 Å². The van der Waals surface area contributed by atoms with Crippen molar-refractivity contribution < 1.29 is 23.8 Å². The summed E-state index contributed by atoms with van der Waals surface area (Å²) in [5.41, 5.74) is 1.83. The first-order valence-corrected chi connectivity index (χ1v) is 11.4. The van der Waals surface area contributed by atoms with Gasteiger partial charge < -0.3 is 25.4 Å². The minimum absolute atomic E-state index is 0.0190. The smallest absolute Gasteiger partial charge is 0.408 e. The number of urea groups is 1. The lowest BCUT2D eigenvalue weighted by Gasteiger charge is -2.36. The maximum absolute atomic E-state index is 15.1. The average molecular weight is 473 g/mol. The number of benzene rings is 1. The van der Waals surface area contributed by atoms with Crippen molar-refractivity contribution in [2.75, 3.05) is 36.5 Å². The highest BCUT2D eigenvalue weighted by Gasteiger charge is 2.39. The molecule has 1 aromatic heterocycles. The van der Waals surface area contributed by atoms with Crippen molar-refractivity contribution in [3.8, 4) is 11.4 Å². The normalized spacial score (nSPS) is 19.6. The molecular weight excluding hydrogens is 443 g/mol. The molecule has 3 N–H and O–H groups in total. The third-order valence-corrected chi connectivity index (χ3v) is 6.11. The molecule has 0 radical (unpaired) electrons. The number of nitrogens with zero attached hydrogens (tertiary/aromatic N) is 4. The number of anilines is 2. The van der Waals surface area contributed by atoms with Gasteiger partial charge in [0.1, 0.15) is 11.6 Å². The number of halogens is 1. The van der Waals surface area contributed by atoms with Crippen LogP contribution in [0.3, 0.4) is 0 Å². The maximum Gasteiger partial charge on any atom is 0.408 e. The molecule has 0 aliphatic carbocycles. The quantitative estimate of drug-likeness (QED) is 0.608. The van der Waals surface area contributed by atoms with E-state index in [1.54, 1.807) is 13.0 Å². The number of aromatic nitrogens is 2. The van der Waals surface area contributed by atoms with Crippen LogP contribution in [0.25, 0.3) is 11.4 Å². The highest BCUT2D eigenvalue weighted by molar-refractivity contribution is 5.89. The van der Waals surface area contributed by atoms with Gasteiger partial charge in [-0.05, 0) is 38.5 Å². The van der Waals surface area contributed by atoms with Crippen molar-refractivity contribution in [1.82, 2.24) is 20.2 Å². The fourth-order valence-electron chi connectivity index (χ4n) is 4.51. The molecule has 2 aliphatic heterocycles. The van der Waals surface area contributed by atoms with Gasteiger partial charge >= 0.3 is 12.1 Å². The van der Waals surface area contributed by atoms with Crippen LogP contribution in [0.2, 0.25) is 0 Å². The van der Waals surface area contributed by atoms with Gasteiger partial charge in [0.25, 0.3) is 0 Å². The highest BCUT2D eigenvalue weighted by Crippen LogP contribution is 2.42. The van der Waals surface area contributed by atoms with E-state index in [0.29, 0.717) is 49.9 Å². The zero-order valence-corrected chi connectivity index (χ0v) is 19.5. The Hall–Kier alpha value is -3.47. The summed E-state index contributed by atoms with van der Waals surface area (Å²) >= 11 is 0. The molecule has 3 amide bonds. The SMILES string of the molecule is CCNC(=O)Nc1ccc(-c2nc3c(c(N4CCOCC4C)n2)C(CC)N(C(=O)O)C3)c(F)c1. The predicted molar refractivity (Wildman–Crippen MR) is 124 cm³/mol. The Bertz CT molecular complexity index is 1100. The number of carbonyl (C=O) groups is 2. The summed E-state index contributed by atoms with van der Waals surface area (Å²) in [6.07, 6.45) is -0.457. The number of nitrogens with one attached hydrogen (secondary N) is 2. The van der Waals surface area contributed by atoms with E-state index in [1.165, 1.54) is 17.0 Å². The van der Waals surface area contributed by atoms with Crippen molar-refractivity contribution in [3.05, 3.63) is 35.3 Å². The Balaban J connectivity index is 1.78. The van der Waals surface area contributed by atoms with Crippen LogP contribution in [-0.4, -0.2) is 64.4 Å². The summed E-state index contributed by atoms with van der Waals surface area (Å²) in [6, 6.07) is 3.54. The second kappa shape index (κ2) is 9.80. The predicted octanol–water partition coefficient (Wildman–Crippen LogP) is 3.59. The fourth-order valence-corrected chi connectivity index (χ4v) is 4.51. The van der Waals surface area contributed by atoms with Gasteiger partial charge in [0.05, 0.1) is 43.1 Å². The van der Waals surface area contributed by atoms with Crippen molar-refractivity contribution in [2.24, 2.45) is 0 Å². The van der Waals surface area contributed by atoms with Crippen LogP contribution in [0.5, 0.6) is 0 Å². The molecule has 34 heavy (non-hydrogen) atoms.